The smallest absolute Gasteiger partial charge is 0.352 e. The van der Waals surface area contributed by atoms with Crippen molar-refractivity contribution in [3.63, 3.8) is 0 Å². The van der Waals surface area contributed by atoms with E-state index >= 15 is 0 Å². The lowest BCUT2D eigenvalue weighted by Gasteiger charge is -2.30. The van der Waals surface area contributed by atoms with Gasteiger partial charge in [0, 0.05) is 26.1 Å². The second-order valence-electron chi connectivity index (χ2n) is 18.2. The Labute approximate surface area is 447 Å². The van der Waals surface area contributed by atoms with Gasteiger partial charge < -0.3 is 103 Å². The Morgan fingerprint density at radius 3 is 1.95 bits per heavy atom. The third-order valence-electron chi connectivity index (χ3n) is 12.3. The van der Waals surface area contributed by atoms with Crippen LogP contribution in [0.5, 0.6) is 5.75 Å². The quantitative estimate of drug-likeness (QED) is 0.0127. The van der Waals surface area contributed by atoms with Crippen LogP contribution in [-0.2, 0) is 49.6 Å². The molecule has 0 spiro atoms. The summed E-state index contributed by atoms with van der Waals surface area (Å²) in [6, 6.07) is -2.34. The highest BCUT2D eigenvalue weighted by molar-refractivity contribution is 5.99. The van der Waals surface area contributed by atoms with Crippen LogP contribution in [0.2, 0.25) is 0 Å². The molecule has 1 aliphatic rings. The Kier molecular flexibility index (Phi) is 31.0. The van der Waals surface area contributed by atoms with E-state index in [1.54, 1.807) is 24.3 Å². The van der Waals surface area contributed by atoms with Crippen LogP contribution in [0.4, 0.5) is 0 Å². The van der Waals surface area contributed by atoms with Crippen molar-refractivity contribution >= 4 is 59.2 Å². The normalized spacial score (nSPS) is 16.0. The first-order valence-electron chi connectivity index (χ1n) is 25.7. The van der Waals surface area contributed by atoms with Gasteiger partial charge in [-0.15, -0.1) is 0 Å². The minimum Gasteiger partial charge on any atom is -0.497 e. The Bertz CT molecular complexity index is 2150. The molecule has 2 rings (SSSR count). The number of likely N-dealkylation sites (tertiary alicyclic amines) is 1. The van der Waals surface area contributed by atoms with Crippen molar-refractivity contribution < 1.29 is 58.1 Å². The molecule has 1 aromatic rings. The van der Waals surface area contributed by atoms with Crippen LogP contribution < -0.4 is 87.8 Å². The molecule has 29 nitrogen and oxygen atoms in total. The zero-order valence-corrected chi connectivity index (χ0v) is 43.8. The molecule has 0 saturated carbocycles. The molecule has 0 unspecified atom stereocenters. The molecule has 0 aromatic heterocycles. The van der Waals surface area contributed by atoms with Crippen molar-refractivity contribution in [2.45, 2.75) is 132 Å². The number of amides is 8. The fraction of sp³-hybridized carbons (Fsp3) is 0.625. The summed E-state index contributed by atoms with van der Waals surface area (Å²) in [7, 11) is 1.47. The summed E-state index contributed by atoms with van der Waals surface area (Å²) in [6.45, 7) is -0.315. The average molecular weight is 1090 g/mol. The molecule has 8 atom stereocenters. The molecule has 77 heavy (non-hydrogen) atoms. The number of carboxylic acids is 1. The van der Waals surface area contributed by atoms with E-state index in [-0.39, 0.29) is 90.0 Å². The lowest BCUT2D eigenvalue weighted by molar-refractivity contribution is -0.142. The summed E-state index contributed by atoms with van der Waals surface area (Å²) >= 11 is 0. The predicted molar refractivity (Wildman–Crippen MR) is 284 cm³/mol. The van der Waals surface area contributed by atoms with E-state index in [1.165, 1.54) is 18.1 Å². The van der Waals surface area contributed by atoms with Gasteiger partial charge in [0.15, 0.2) is 5.96 Å². The molecule has 1 aromatic carbocycles. The van der Waals surface area contributed by atoms with Crippen molar-refractivity contribution in [2.75, 3.05) is 59.5 Å². The number of hydrogen-bond acceptors (Lipinski definition) is 18. The molecule has 25 N–H and O–H groups in total. The number of guanidine groups is 1. The number of carbonyl (C=O) groups excluding carboxylic acids is 8. The number of aliphatic hydroxyl groups excluding tert-OH is 1. The zero-order chi connectivity index (χ0) is 57.5. The second-order valence-corrected chi connectivity index (χ2v) is 18.2. The van der Waals surface area contributed by atoms with Crippen LogP contribution in [-0.4, -0.2) is 182 Å². The Balaban J connectivity index is 2.31. The Hall–Kier alpha value is -7.02. The van der Waals surface area contributed by atoms with Gasteiger partial charge in [0.25, 0.3) is 0 Å². The van der Waals surface area contributed by atoms with Crippen molar-refractivity contribution in [1.29, 1.82) is 0 Å². The lowest BCUT2D eigenvalue weighted by atomic mass is 10.0. The molecular weight excluding hydrogens is 1010 g/mol. The van der Waals surface area contributed by atoms with Gasteiger partial charge in [-0.2, -0.15) is 0 Å². The number of aliphatic hydroxyl groups is 1. The fourth-order valence-electron chi connectivity index (χ4n) is 8.01. The van der Waals surface area contributed by atoms with Gasteiger partial charge >= 0.3 is 5.97 Å². The fourth-order valence-corrected chi connectivity index (χ4v) is 8.01. The van der Waals surface area contributed by atoms with E-state index in [9.17, 15) is 53.4 Å². The highest BCUT2D eigenvalue weighted by Gasteiger charge is 2.40. The number of ether oxygens (including phenoxy) is 1. The third kappa shape index (κ3) is 23.8. The van der Waals surface area contributed by atoms with Crippen LogP contribution in [0, 0.1) is 0 Å². The highest BCUT2D eigenvalue weighted by atomic mass is 16.5. The monoisotopic (exact) mass is 1090 g/mol. The number of nitrogens with two attached hydrogens (primary N) is 8. The van der Waals surface area contributed by atoms with Crippen molar-refractivity contribution in [3.8, 4) is 5.75 Å². The molecular formula is C48H83N17O12. The summed E-state index contributed by atoms with van der Waals surface area (Å²) in [4.78, 5) is 127. The summed E-state index contributed by atoms with van der Waals surface area (Å²) in [5.41, 5.74) is 45.1. The number of hydrogen-bond donors (Lipinski definition) is 17. The first-order valence-corrected chi connectivity index (χ1v) is 25.7. The number of nitrogens with one attached hydrogen (secondary N) is 7. The number of carbonyl (C=O) groups is 9. The van der Waals surface area contributed by atoms with E-state index in [0.717, 1.165) is 0 Å². The van der Waals surface area contributed by atoms with E-state index in [2.05, 4.69) is 42.2 Å². The maximum atomic E-state index is 14.3. The number of nitrogens with zero attached hydrogens (tertiary/aromatic N) is 2. The molecule has 0 aliphatic carbocycles. The molecule has 0 radical (unpaired) electrons. The predicted octanol–water partition coefficient (Wildman–Crippen LogP) is -6.49. The minimum atomic E-state index is -1.60. The van der Waals surface area contributed by atoms with E-state index in [1.807, 2.05) is 0 Å². The van der Waals surface area contributed by atoms with E-state index in [4.69, 9.17) is 50.6 Å². The third-order valence-corrected chi connectivity index (χ3v) is 12.3. The van der Waals surface area contributed by atoms with Gasteiger partial charge in [-0.1, -0.05) is 24.6 Å². The van der Waals surface area contributed by atoms with Gasteiger partial charge in [0.05, 0.1) is 25.8 Å². The molecule has 29 heteroatoms. The van der Waals surface area contributed by atoms with E-state index in [0.29, 0.717) is 50.0 Å². The summed E-state index contributed by atoms with van der Waals surface area (Å²) in [5.74, 6) is -7.58. The molecule has 8 amide bonds. The lowest BCUT2D eigenvalue weighted by Crippen LogP contribution is -2.61. The standard InChI is InChI=1S/C48H83N17O12/c1-77-29-16-14-28(15-17-29)25-35(43(71)60-31(10-3-5-20-50)42(70)62-34(47(75)76)12-7-23-57-48(55)56)63-44(72)36-13-8-24-65(36)46(74)33(11-6-21-51)59-38(67)27-58-41(69)32(18-22-52)61-45(73)39(37(66)26-53)64-40(68)30(54)9-2-4-19-49/h12,14-17,30-33,35-37,39,66H,2-11,13,18-27,49-54H2,1H3,(H,58,69)(H,59,67)(H,60,71)(H,61,73)(H,62,70)(H,63,72)(H,64,68)(H,75,76)(H4,55,56,57)/b34-12-/t30-,31-,32-,33+,35-,36-,37-,39-/m0/s1. The topological polar surface area (TPSA) is 511 Å². The number of benzene rings is 1. The Morgan fingerprint density at radius 1 is 0.727 bits per heavy atom. The SMILES string of the molecule is COc1ccc(C[C@H](NC(=O)[C@@H]2CCCN2C(=O)[C@@H](CCCN)NC(=O)CNC(=O)[C@H](CCN)NC(=O)[C@@H](NC(=O)[C@@H](N)CCCCN)[C@@H](O)CN)C(=O)N[C@@H](CCCCN)C(=O)N/C(=C\CCN=C(N)N)C(=O)O)cc1. The highest BCUT2D eigenvalue weighted by Crippen LogP contribution is 2.21. The van der Waals surface area contributed by atoms with Crippen LogP contribution in [0.25, 0.3) is 0 Å². The van der Waals surface area contributed by atoms with Crippen molar-refractivity contribution in [1.82, 2.24) is 42.1 Å². The summed E-state index contributed by atoms with van der Waals surface area (Å²) in [5, 5.41) is 37.9. The van der Waals surface area contributed by atoms with Crippen LogP contribution in [0.15, 0.2) is 41.0 Å². The molecule has 432 valence electrons. The number of carboxylic acid groups (broad SMARTS) is 1. The maximum Gasteiger partial charge on any atom is 0.352 e. The maximum absolute atomic E-state index is 14.3. The van der Waals surface area contributed by atoms with Gasteiger partial charge in [0.2, 0.25) is 47.3 Å². The van der Waals surface area contributed by atoms with Gasteiger partial charge in [-0.3, -0.25) is 43.3 Å². The van der Waals surface area contributed by atoms with Crippen LogP contribution >= 0.6 is 0 Å². The number of aliphatic carboxylic acids is 1. The molecule has 1 heterocycles. The summed E-state index contributed by atoms with van der Waals surface area (Å²) < 4.78 is 5.27. The molecule has 1 saturated heterocycles. The first-order chi connectivity index (χ1) is 36.7. The zero-order valence-electron chi connectivity index (χ0n) is 43.8. The number of aliphatic imine (C=N–C) groups is 1. The number of unbranched alkanes of at least 4 members (excludes halogenated alkanes) is 2. The van der Waals surface area contributed by atoms with Crippen LogP contribution in [0.3, 0.4) is 0 Å². The average Bonchev–Trinajstić information content (AvgIpc) is 3.91. The minimum absolute atomic E-state index is 0.0319. The second kappa shape index (κ2) is 36.1. The van der Waals surface area contributed by atoms with Gasteiger partial charge in [-0.25, -0.2) is 4.79 Å². The number of rotatable bonds is 37. The van der Waals surface area contributed by atoms with Gasteiger partial charge in [0.1, 0.15) is 47.7 Å². The van der Waals surface area contributed by atoms with Crippen molar-refractivity contribution in [2.24, 2.45) is 50.9 Å². The largest absolute Gasteiger partial charge is 0.497 e. The van der Waals surface area contributed by atoms with E-state index < -0.39 is 120 Å². The van der Waals surface area contributed by atoms with Crippen LogP contribution in [0.1, 0.15) is 82.6 Å². The molecule has 1 aliphatic heterocycles. The molecule has 0 bridgehead atoms. The van der Waals surface area contributed by atoms with Gasteiger partial charge in [-0.05, 0) is 115 Å². The molecule has 1 fully saturated rings. The summed E-state index contributed by atoms with van der Waals surface area (Å²) in [6.07, 6.45) is 2.57. The first kappa shape index (κ1) is 66.1. The Morgan fingerprint density at radius 2 is 1.35 bits per heavy atom. The van der Waals surface area contributed by atoms with Crippen molar-refractivity contribution in [3.05, 3.63) is 41.6 Å². The number of methoxy groups -OCH3 is 1.